The predicted molar refractivity (Wildman–Crippen MR) is 123 cm³/mol. The summed E-state index contributed by atoms with van der Waals surface area (Å²) in [5, 5.41) is 5.06. The fraction of sp³-hybridized carbons (Fsp3) is 0.208. The highest BCUT2D eigenvalue weighted by Gasteiger charge is 2.27. The van der Waals surface area contributed by atoms with Crippen LogP contribution >= 0.6 is 11.3 Å². The molecule has 0 spiro atoms. The summed E-state index contributed by atoms with van der Waals surface area (Å²) in [6.07, 6.45) is 3.12. The van der Waals surface area contributed by atoms with E-state index in [1.165, 1.54) is 6.08 Å². The zero-order chi connectivity index (χ0) is 22.4. The van der Waals surface area contributed by atoms with Crippen molar-refractivity contribution in [3.63, 3.8) is 0 Å². The molecule has 0 aliphatic rings. The van der Waals surface area contributed by atoms with Crippen LogP contribution in [0.15, 0.2) is 48.5 Å². The Morgan fingerprint density at radius 3 is 2.39 bits per heavy atom. The second-order valence-electron chi connectivity index (χ2n) is 6.59. The van der Waals surface area contributed by atoms with Crippen LogP contribution in [0.2, 0.25) is 0 Å². The lowest BCUT2D eigenvalue weighted by Gasteiger charge is -2.06. The molecule has 0 saturated carbocycles. The Kier molecular flexibility index (Phi) is 7.20. The molecule has 0 fully saturated rings. The van der Waals surface area contributed by atoms with Gasteiger partial charge >= 0.3 is 11.9 Å². The summed E-state index contributed by atoms with van der Waals surface area (Å²) in [6, 6.07) is 13.7. The molecule has 0 unspecified atom stereocenters. The molecule has 31 heavy (non-hydrogen) atoms. The van der Waals surface area contributed by atoms with Crippen molar-refractivity contribution < 1.29 is 23.9 Å². The van der Waals surface area contributed by atoms with Crippen molar-refractivity contribution in [2.45, 2.75) is 20.8 Å². The number of hydrogen-bond donors (Lipinski definition) is 1. The standard InChI is InChI=1S/C24H23NO5S/c1-4-29-23(27)20-15(3)21(24(28)30-5-2)31-22(20)25-19(26)14-13-17-11-8-10-16-9-6-7-12-18(16)17/h6-14H,4-5H2,1-3H3,(H,25,26). The number of rotatable bonds is 7. The number of ether oxygens (including phenoxy) is 2. The quantitative estimate of drug-likeness (QED) is 0.405. The summed E-state index contributed by atoms with van der Waals surface area (Å²) in [7, 11) is 0. The van der Waals surface area contributed by atoms with Gasteiger partial charge in [0.25, 0.3) is 0 Å². The first-order valence-electron chi connectivity index (χ1n) is 9.90. The van der Waals surface area contributed by atoms with Gasteiger partial charge in [0.15, 0.2) is 0 Å². The lowest BCUT2D eigenvalue weighted by atomic mass is 10.0. The van der Waals surface area contributed by atoms with Crippen LogP contribution in [0.3, 0.4) is 0 Å². The minimum Gasteiger partial charge on any atom is -0.462 e. The van der Waals surface area contributed by atoms with Crippen LogP contribution in [0, 0.1) is 6.92 Å². The van der Waals surface area contributed by atoms with E-state index in [4.69, 9.17) is 9.47 Å². The van der Waals surface area contributed by atoms with Crippen molar-refractivity contribution in [1.82, 2.24) is 0 Å². The van der Waals surface area contributed by atoms with Gasteiger partial charge in [0.05, 0.1) is 18.8 Å². The van der Waals surface area contributed by atoms with Gasteiger partial charge in [0, 0.05) is 6.08 Å². The Morgan fingerprint density at radius 1 is 0.968 bits per heavy atom. The van der Waals surface area contributed by atoms with E-state index in [1.54, 1.807) is 26.8 Å². The van der Waals surface area contributed by atoms with Crippen LogP contribution in [0.1, 0.15) is 45.0 Å². The number of benzene rings is 2. The largest absolute Gasteiger partial charge is 0.462 e. The molecule has 2 aromatic carbocycles. The second-order valence-corrected chi connectivity index (χ2v) is 7.61. The van der Waals surface area contributed by atoms with Crippen LogP contribution in [0.25, 0.3) is 16.8 Å². The van der Waals surface area contributed by atoms with Crippen molar-refractivity contribution in [2.75, 3.05) is 18.5 Å². The van der Waals surface area contributed by atoms with Gasteiger partial charge < -0.3 is 14.8 Å². The fourth-order valence-corrected chi connectivity index (χ4v) is 4.25. The van der Waals surface area contributed by atoms with E-state index in [-0.39, 0.29) is 28.7 Å². The first-order valence-corrected chi connectivity index (χ1v) is 10.7. The van der Waals surface area contributed by atoms with E-state index in [2.05, 4.69) is 5.32 Å². The normalized spacial score (nSPS) is 10.9. The van der Waals surface area contributed by atoms with Gasteiger partial charge in [-0.1, -0.05) is 42.5 Å². The molecular formula is C24H23NO5S. The van der Waals surface area contributed by atoms with E-state index in [1.807, 2.05) is 42.5 Å². The first kappa shape index (κ1) is 22.2. The summed E-state index contributed by atoms with van der Waals surface area (Å²) in [5.41, 5.74) is 1.49. The molecular weight excluding hydrogens is 414 g/mol. The number of amides is 1. The predicted octanol–water partition coefficient (Wildman–Crippen LogP) is 5.22. The molecule has 0 radical (unpaired) electrons. The monoisotopic (exact) mass is 437 g/mol. The number of hydrogen-bond acceptors (Lipinski definition) is 6. The number of carbonyl (C=O) groups is 3. The van der Waals surface area contributed by atoms with Gasteiger partial charge in [-0.15, -0.1) is 11.3 Å². The van der Waals surface area contributed by atoms with Crippen LogP contribution in [-0.2, 0) is 14.3 Å². The molecule has 0 aliphatic carbocycles. The summed E-state index contributed by atoms with van der Waals surface area (Å²) >= 11 is 1.000. The lowest BCUT2D eigenvalue weighted by molar-refractivity contribution is -0.111. The SMILES string of the molecule is CCOC(=O)c1sc(NC(=O)C=Cc2cccc3ccccc23)c(C(=O)OCC)c1C. The molecule has 0 atom stereocenters. The van der Waals surface area contributed by atoms with Crippen molar-refractivity contribution in [2.24, 2.45) is 0 Å². The Labute approximate surface area is 184 Å². The average molecular weight is 438 g/mol. The molecule has 3 rings (SSSR count). The van der Waals surface area contributed by atoms with E-state index in [0.29, 0.717) is 5.56 Å². The Bertz CT molecular complexity index is 1160. The first-order chi connectivity index (χ1) is 15.0. The highest BCUT2D eigenvalue weighted by molar-refractivity contribution is 7.18. The zero-order valence-corrected chi connectivity index (χ0v) is 18.4. The summed E-state index contributed by atoms with van der Waals surface area (Å²) in [6.45, 7) is 5.42. The van der Waals surface area contributed by atoms with Gasteiger partial charge in [0.2, 0.25) is 5.91 Å². The van der Waals surface area contributed by atoms with Crippen molar-refractivity contribution in [3.05, 3.63) is 70.1 Å². The van der Waals surface area contributed by atoms with Crippen LogP contribution in [-0.4, -0.2) is 31.1 Å². The van der Waals surface area contributed by atoms with E-state index < -0.39 is 17.8 Å². The maximum absolute atomic E-state index is 12.6. The molecule has 0 bridgehead atoms. The number of anilines is 1. The van der Waals surface area contributed by atoms with E-state index >= 15 is 0 Å². The zero-order valence-electron chi connectivity index (χ0n) is 17.6. The minimum atomic E-state index is -0.597. The molecule has 7 heteroatoms. The Morgan fingerprint density at radius 2 is 1.65 bits per heavy atom. The van der Waals surface area contributed by atoms with Gasteiger partial charge in [-0.05, 0) is 48.7 Å². The van der Waals surface area contributed by atoms with Gasteiger partial charge in [-0.2, -0.15) is 0 Å². The van der Waals surface area contributed by atoms with Crippen LogP contribution < -0.4 is 5.32 Å². The molecule has 160 valence electrons. The molecule has 1 N–H and O–H groups in total. The molecule has 0 saturated heterocycles. The number of fused-ring (bicyclic) bond motifs is 1. The fourth-order valence-electron chi connectivity index (χ4n) is 3.16. The highest BCUT2D eigenvalue weighted by atomic mass is 32.1. The second kappa shape index (κ2) is 10.0. The molecule has 0 aliphatic heterocycles. The van der Waals surface area contributed by atoms with Gasteiger partial charge in [0.1, 0.15) is 9.88 Å². The minimum absolute atomic E-state index is 0.168. The van der Waals surface area contributed by atoms with Gasteiger partial charge in [-0.3, -0.25) is 4.79 Å². The summed E-state index contributed by atoms with van der Waals surface area (Å²) < 4.78 is 10.2. The molecule has 1 aromatic heterocycles. The highest BCUT2D eigenvalue weighted by Crippen LogP contribution is 2.34. The Hall–Kier alpha value is -3.45. The third kappa shape index (κ3) is 5.00. The molecule has 6 nitrogen and oxygen atoms in total. The summed E-state index contributed by atoms with van der Waals surface area (Å²) in [4.78, 5) is 37.6. The maximum Gasteiger partial charge on any atom is 0.348 e. The third-order valence-corrected chi connectivity index (χ3v) is 5.75. The van der Waals surface area contributed by atoms with E-state index in [9.17, 15) is 14.4 Å². The maximum atomic E-state index is 12.6. The number of nitrogens with one attached hydrogen (secondary N) is 1. The van der Waals surface area contributed by atoms with Crippen LogP contribution in [0.5, 0.6) is 0 Å². The topological polar surface area (TPSA) is 81.7 Å². The Balaban J connectivity index is 1.89. The van der Waals surface area contributed by atoms with Crippen molar-refractivity contribution >= 4 is 51.0 Å². The summed E-state index contributed by atoms with van der Waals surface area (Å²) in [5.74, 6) is -1.56. The smallest absolute Gasteiger partial charge is 0.348 e. The average Bonchev–Trinajstić information content (AvgIpc) is 3.08. The van der Waals surface area contributed by atoms with Crippen molar-refractivity contribution in [1.29, 1.82) is 0 Å². The van der Waals surface area contributed by atoms with Crippen molar-refractivity contribution in [3.8, 4) is 0 Å². The number of thiophene rings is 1. The lowest BCUT2D eigenvalue weighted by Crippen LogP contribution is -2.13. The number of esters is 2. The number of carbonyl (C=O) groups excluding carboxylic acids is 3. The molecule has 1 amide bonds. The third-order valence-electron chi connectivity index (χ3n) is 4.56. The van der Waals surface area contributed by atoms with Gasteiger partial charge in [-0.25, -0.2) is 9.59 Å². The van der Waals surface area contributed by atoms with E-state index in [0.717, 1.165) is 27.7 Å². The molecule has 1 heterocycles. The molecule has 3 aromatic rings. The van der Waals surface area contributed by atoms with Crippen LogP contribution in [0.4, 0.5) is 5.00 Å².